The van der Waals surface area contributed by atoms with Gasteiger partial charge in [-0.05, 0) is 43.7 Å². The number of hydrogen-bond donors (Lipinski definition) is 2. The van der Waals surface area contributed by atoms with Crippen LogP contribution in [0.25, 0.3) is 0 Å². The molecule has 0 aromatic rings. The van der Waals surface area contributed by atoms with Crippen molar-refractivity contribution in [3.8, 4) is 0 Å². The van der Waals surface area contributed by atoms with Gasteiger partial charge in [-0.2, -0.15) is 11.8 Å². The average Bonchev–Trinajstić information content (AvgIpc) is 2.29. The van der Waals surface area contributed by atoms with Crippen LogP contribution in [-0.4, -0.2) is 35.3 Å². The Morgan fingerprint density at radius 2 is 2.00 bits per heavy atom. The van der Waals surface area contributed by atoms with Crippen molar-refractivity contribution in [1.82, 2.24) is 5.32 Å². The van der Waals surface area contributed by atoms with E-state index < -0.39 is 0 Å². The first kappa shape index (κ1) is 15.3. The Kier molecular flexibility index (Phi) is 9.66. The van der Waals surface area contributed by atoms with Gasteiger partial charge in [0.25, 0.3) is 0 Å². The smallest absolute Gasteiger partial charge is 0.0613 e. The van der Waals surface area contributed by atoms with Crippen LogP contribution in [0.15, 0.2) is 0 Å². The highest BCUT2D eigenvalue weighted by molar-refractivity contribution is 7.99. The van der Waals surface area contributed by atoms with E-state index in [1.54, 1.807) is 0 Å². The highest BCUT2D eigenvalue weighted by Gasteiger charge is 2.25. The molecule has 2 nitrogen and oxygen atoms in total. The van der Waals surface area contributed by atoms with E-state index in [0.29, 0.717) is 0 Å². The maximum absolute atomic E-state index is 9.49. The summed E-state index contributed by atoms with van der Waals surface area (Å²) in [5, 5.41) is 13.0. The fraction of sp³-hybridized carbons (Fsp3) is 1.00. The molecule has 15 heavy (non-hydrogen) atoms. The summed E-state index contributed by atoms with van der Waals surface area (Å²) in [4.78, 5) is 0. The van der Waals surface area contributed by atoms with E-state index in [1.807, 2.05) is 11.8 Å². The summed E-state index contributed by atoms with van der Waals surface area (Å²) in [5.41, 5.74) is -0.0235. The molecule has 3 heteroatoms. The van der Waals surface area contributed by atoms with E-state index in [0.717, 1.165) is 25.8 Å². The molecule has 0 aliphatic rings. The van der Waals surface area contributed by atoms with E-state index in [2.05, 4.69) is 26.1 Å². The van der Waals surface area contributed by atoms with E-state index in [9.17, 15) is 5.11 Å². The summed E-state index contributed by atoms with van der Waals surface area (Å²) < 4.78 is 0. The van der Waals surface area contributed by atoms with Gasteiger partial charge >= 0.3 is 0 Å². The van der Waals surface area contributed by atoms with Gasteiger partial charge in [0.05, 0.1) is 6.61 Å². The summed E-state index contributed by atoms with van der Waals surface area (Å²) in [7, 11) is 0. The number of aliphatic hydroxyl groups excluding tert-OH is 1. The van der Waals surface area contributed by atoms with Crippen LogP contribution in [0.2, 0.25) is 0 Å². The largest absolute Gasteiger partial charge is 0.394 e. The lowest BCUT2D eigenvalue weighted by molar-refractivity contribution is 0.146. The summed E-state index contributed by atoms with van der Waals surface area (Å²) in [5.74, 6) is 2.41. The molecule has 1 atom stereocenters. The van der Waals surface area contributed by atoms with Gasteiger partial charge in [-0.3, -0.25) is 0 Å². The van der Waals surface area contributed by atoms with Crippen LogP contribution in [0.4, 0.5) is 0 Å². The first-order chi connectivity index (χ1) is 7.24. The monoisotopic (exact) mass is 233 g/mol. The van der Waals surface area contributed by atoms with Crippen molar-refractivity contribution < 1.29 is 5.11 Å². The molecule has 0 aromatic heterocycles. The molecule has 0 aromatic carbocycles. The summed E-state index contributed by atoms with van der Waals surface area (Å²) >= 11 is 1.98. The van der Waals surface area contributed by atoms with Gasteiger partial charge in [-0.1, -0.05) is 20.8 Å². The highest BCUT2D eigenvalue weighted by Crippen LogP contribution is 2.18. The molecule has 0 spiro atoms. The Morgan fingerprint density at radius 1 is 1.27 bits per heavy atom. The Labute approximate surface area is 99.2 Å². The van der Waals surface area contributed by atoms with Crippen LogP contribution in [0.5, 0.6) is 0 Å². The van der Waals surface area contributed by atoms with Crippen molar-refractivity contribution in [2.24, 2.45) is 0 Å². The van der Waals surface area contributed by atoms with Gasteiger partial charge in [-0.15, -0.1) is 0 Å². The topological polar surface area (TPSA) is 32.3 Å². The van der Waals surface area contributed by atoms with E-state index >= 15 is 0 Å². The third-order valence-electron chi connectivity index (χ3n) is 2.88. The molecule has 0 radical (unpaired) electrons. The molecule has 0 heterocycles. The van der Waals surface area contributed by atoms with E-state index in [-0.39, 0.29) is 12.1 Å². The predicted molar refractivity (Wildman–Crippen MR) is 70.6 cm³/mol. The van der Waals surface area contributed by atoms with Crippen molar-refractivity contribution in [3.05, 3.63) is 0 Å². The maximum atomic E-state index is 9.49. The number of nitrogens with one attached hydrogen (secondary N) is 1. The van der Waals surface area contributed by atoms with E-state index in [4.69, 9.17) is 0 Å². The second kappa shape index (κ2) is 9.49. The number of rotatable bonds is 10. The second-order valence-electron chi connectivity index (χ2n) is 4.02. The number of aliphatic hydroxyl groups is 1. The second-order valence-corrected chi connectivity index (χ2v) is 5.41. The normalized spacial score (nSPS) is 15.2. The molecule has 0 saturated heterocycles. The molecule has 0 bridgehead atoms. The van der Waals surface area contributed by atoms with Crippen molar-refractivity contribution in [2.75, 3.05) is 24.7 Å². The van der Waals surface area contributed by atoms with Crippen molar-refractivity contribution in [3.63, 3.8) is 0 Å². The van der Waals surface area contributed by atoms with Crippen LogP contribution in [-0.2, 0) is 0 Å². The summed E-state index contributed by atoms with van der Waals surface area (Å²) in [6.45, 7) is 7.79. The SMILES string of the molecule is CCCNC(CC)(CO)CCCSCC. The minimum atomic E-state index is -0.0235. The Bertz CT molecular complexity index is 138. The number of hydrogen-bond acceptors (Lipinski definition) is 3. The number of thioether (sulfide) groups is 1. The van der Waals surface area contributed by atoms with Crippen molar-refractivity contribution in [1.29, 1.82) is 0 Å². The zero-order valence-corrected chi connectivity index (χ0v) is 11.3. The minimum Gasteiger partial charge on any atom is -0.394 e. The minimum absolute atomic E-state index is 0.0235. The zero-order chi connectivity index (χ0) is 11.6. The first-order valence-corrected chi connectivity index (χ1v) is 7.33. The van der Waals surface area contributed by atoms with Crippen LogP contribution in [0, 0.1) is 0 Å². The molecule has 0 aliphatic heterocycles. The summed E-state index contributed by atoms with van der Waals surface area (Å²) in [6.07, 6.45) is 4.43. The Balaban J connectivity index is 3.88. The van der Waals surface area contributed by atoms with Gasteiger partial charge in [-0.25, -0.2) is 0 Å². The molecule has 0 amide bonds. The van der Waals surface area contributed by atoms with E-state index in [1.165, 1.54) is 17.9 Å². The van der Waals surface area contributed by atoms with Crippen LogP contribution < -0.4 is 5.32 Å². The molecule has 92 valence electrons. The molecule has 0 fully saturated rings. The highest BCUT2D eigenvalue weighted by atomic mass is 32.2. The molecular formula is C12H27NOS. The molecule has 0 rings (SSSR count). The lowest BCUT2D eigenvalue weighted by Gasteiger charge is -2.32. The quantitative estimate of drug-likeness (QED) is 0.569. The Morgan fingerprint density at radius 3 is 2.47 bits per heavy atom. The van der Waals surface area contributed by atoms with Crippen molar-refractivity contribution in [2.45, 2.75) is 52.0 Å². The first-order valence-electron chi connectivity index (χ1n) is 6.18. The van der Waals surface area contributed by atoms with Crippen LogP contribution in [0.1, 0.15) is 46.5 Å². The van der Waals surface area contributed by atoms with Gasteiger partial charge in [0.1, 0.15) is 0 Å². The van der Waals surface area contributed by atoms with Gasteiger partial charge in [0, 0.05) is 5.54 Å². The molecule has 1 unspecified atom stereocenters. The predicted octanol–water partition coefficient (Wildman–Crippen LogP) is 2.66. The van der Waals surface area contributed by atoms with Gasteiger partial charge < -0.3 is 10.4 Å². The third kappa shape index (κ3) is 6.44. The fourth-order valence-corrected chi connectivity index (χ4v) is 2.32. The Hall–Kier alpha value is 0.270. The molecule has 0 aliphatic carbocycles. The third-order valence-corrected chi connectivity index (χ3v) is 3.86. The maximum Gasteiger partial charge on any atom is 0.0613 e. The summed E-state index contributed by atoms with van der Waals surface area (Å²) in [6, 6.07) is 0. The molecule has 2 N–H and O–H groups in total. The van der Waals surface area contributed by atoms with Gasteiger partial charge in [0.15, 0.2) is 0 Å². The van der Waals surface area contributed by atoms with Gasteiger partial charge in [0.2, 0.25) is 0 Å². The average molecular weight is 233 g/mol. The standard InChI is InChI=1S/C12H27NOS/c1-4-9-13-12(5-2,11-14)8-7-10-15-6-3/h13-14H,4-11H2,1-3H3. The zero-order valence-electron chi connectivity index (χ0n) is 10.5. The lowest BCUT2D eigenvalue weighted by atomic mass is 9.91. The lowest BCUT2D eigenvalue weighted by Crippen LogP contribution is -2.48. The van der Waals surface area contributed by atoms with Crippen molar-refractivity contribution >= 4 is 11.8 Å². The molecule has 0 saturated carbocycles. The van der Waals surface area contributed by atoms with Crippen LogP contribution in [0.3, 0.4) is 0 Å². The van der Waals surface area contributed by atoms with Crippen LogP contribution >= 0.6 is 11.8 Å². The fourth-order valence-electron chi connectivity index (χ4n) is 1.68. The molecular weight excluding hydrogens is 206 g/mol.